The third kappa shape index (κ3) is 2.96. The van der Waals surface area contributed by atoms with E-state index < -0.39 is 0 Å². The van der Waals surface area contributed by atoms with Crippen LogP contribution < -0.4 is 5.73 Å². The Labute approximate surface area is 88.8 Å². The van der Waals surface area contributed by atoms with E-state index in [1.54, 1.807) is 0 Å². The predicted octanol–water partition coefficient (Wildman–Crippen LogP) is 2.38. The summed E-state index contributed by atoms with van der Waals surface area (Å²) >= 11 is 0. The molecular formula is C12H26N2. The van der Waals surface area contributed by atoms with Crippen LogP contribution in [0, 0.1) is 0 Å². The highest BCUT2D eigenvalue weighted by Crippen LogP contribution is 2.25. The van der Waals surface area contributed by atoms with Crippen molar-refractivity contribution in [2.24, 2.45) is 5.73 Å². The van der Waals surface area contributed by atoms with Crippen molar-refractivity contribution in [3.8, 4) is 0 Å². The second-order valence-corrected chi connectivity index (χ2v) is 4.45. The Balaban J connectivity index is 2.48. The Morgan fingerprint density at radius 3 is 2.36 bits per heavy atom. The summed E-state index contributed by atoms with van der Waals surface area (Å²) in [4.78, 5) is 2.65. The minimum atomic E-state index is 0.632. The molecule has 1 aliphatic rings. The van der Waals surface area contributed by atoms with E-state index in [9.17, 15) is 0 Å². The SMILES string of the molecule is CCCC(CN)N(CC)C1CCCC1. The van der Waals surface area contributed by atoms with Crippen LogP contribution in [-0.4, -0.2) is 30.1 Å². The molecular weight excluding hydrogens is 172 g/mol. The fourth-order valence-corrected chi connectivity index (χ4v) is 2.80. The summed E-state index contributed by atoms with van der Waals surface area (Å²) in [6.07, 6.45) is 8.16. The Morgan fingerprint density at radius 1 is 1.29 bits per heavy atom. The molecule has 2 nitrogen and oxygen atoms in total. The van der Waals surface area contributed by atoms with Crippen molar-refractivity contribution < 1.29 is 0 Å². The van der Waals surface area contributed by atoms with E-state index in [2.05, 4.69) is 18.7 Å². The molecule has 0 saturated heterocycles. The van der Waals surface area contributed by atoms with Crippen LogP contribution in [0.5, 0.6) is 0 Å². The van der Waals surface area contributed by atoms with Gasteiger partial charge in [-0.15, -0.1) is 0 Å². The zero-order valence-electron chi connectivity index (χ0n) is 9.84. The maximum absolute atomic E-state index is 5.86. The van der Waals surface area contributed by atoms with Crippen LogP contribution >= 0.6 is 0 Å². The van der Waals surface area contributed by atoms with Gasteiger partial charge in [0.1, 0.15) is 0 Å². The van der Waals surface area contributed by atoms with Gasteiger partial charge in [-0.25, -0.2) is 0 Å². The van der Waals surface area contributed by atoms with Crippen LogP contribution in [0.4, 0.5) is 0 Å². The molecule has 2 N–H and O–H groups in total. The summed E-state index contributed by atoms with van der Waals surface area (Å²) in [6.45, 7) is 6.53. The summed E-state index contributed by atoms with van der Waals surface area (Å²) in [5.41, 5.74) is 5.86. The van der Waals surface area contributed by atoms with Gasteiger partial charge >= 0.3 is 0 Å². The molecule has 0 aromatic heterocycles. The molecule has 0 heterocycles. The molecule has 1 unspecified atom stereocenters. The predicted molar refractivity (Wildman–Crippen MR) is 62.4 cm³/mol. The van der Waals surface area contributed by atoms with E-state index >= 15 is 0 Å². The Hall–Kier alpha value is -0.0800. The summed E-state index contributed by atoms with van der Waals surface area (Å²) in [7, 11) is 0. The third-order valence-corrected chi connectivity index (χ3v) is 3.52. The maximum atomic E-state index is 5.86. The molecule has 1 aliphatic carbocycles. The van der Waals surface area contributed by atoms with Crippen molar-refractivity contribution in [3.63, 3.8) is 0 Å². The summed E-state index contributed by atoms with van der Waals surface area (Å²) < 4.78 is 0. The Bertz CT molecular complexity index is 141. The van der Waals surface area contributed by atoms with Crippen molar-refractivity contribution in [1.82, 2.24) is 4.90 Å². The number of hydrogen-bond donors (Lipinski definition) is 1. The zero-order chi connectivity index (χ0) is 10.4. The lowest BCUT2D eigenvalue weighted by Crippen LogP contribution is -2.45. The van der Waals surface area contributed by atoms with E-state index in [1.165, 1.54) is 45.1 Å². The van der Waals surface area contributed by atoms with Gasteiger partial charge in [0.25, 0.3) is 0 Å². The lowest BCUT2D eigenvalue weighted by molar-refractivity contribution is 0.139. The van der Waals surface area contributed by atoms with Crippen molar-refractivity contribution >= 4 is 0 Å². The van der Waals surface area contributed by atoms with Gasteiger partial charge in [-0.2, -0.15) is 0 Å². The van der Waals surface area contributed by atoms with Gasteiger partial charge in [-0.1, -0.05) is 33.1 Å². The van der Waals surface area contributed by atoms with E-state index in [1.807, 2.05) is 0 Å². The molecule has 0 amide bonds. The lowest BCUT2D eigenvalue weighted by atomic mass is 10.1. The average Bonchev–Trinajstić information content (AvgIpc) is 2.71. The van der Waals surface area contributed by atoms with Gasteiger partial charge in [0.2, 0.25) is 0 Å². The molecule has 1 fully saturated rings. The molecule has 1 saturated carbocycles. The van der Waals surface area contributed by atoms with Gasteiger partial charge in [-0.3, -0.25) is 4.90 Å². The number of likely N-dealkylation sites (N-methyl/N-ethyl adjacent to an activating group) is 1. The standard InChI is InChI=1S/C12H26N2/c1-3-7-12(10-13)14(4-2)11-8-5-6-9-11/h11-12H,3-10,13H2,1-2H3. The Kier molecular flexibility index (Phi) is 5.49. The molecule has 0 aromatic carbocycles. The number of rotatable bonds is 6. The molecule has 0 radical (unpaired) electrons. The van der Waals surface area contributed by atoms with E-state index in [0.717, 1.165) is 12.6 Å². The number of nitrogens with two attached hydrogens (primary N) is 1. The smallest absolute Gasteiger partial charge is 0.0221 e. The van der Waals surface area contributed by atoms with Gasteiger partial charge in [0, 0.05) is 18.6 Å². The molecule has 84 valence electrons. The summed E-state index contributed by atoms with van der Waals surface area (Å²) in [5.74, 6) is 0. The van der Waals surface area contributed by atoms with Crippen LogP contribution in [0.15, 0.2) is 0 Å². The number of nitrogens with zero attached hydrogens (tertiary/aromatic N) is 1. The van der Waals surface area contributed by atoms with E-state index in [0.29, 0.717) is 6.04 Å². The quantitative estimate of drug-likeness (QED) is 0.710. The minimum Gasteiger partial charge on any atom is -0.329 e. The highest BCUT2D eigenvalue weighted by atomic mass is 15.2. The highest BCUT2D eigenvalue weighted by Gasteiger charge is 2.25. The van der Waals surface area contributed by atoms with Gasteiger partial charge in [0.15, 0.2) is 0 Å². The molecule has 1 atom stereocenters. The maximum Gasteiger partial charge on any atom is 0.0221 e. The first-order chi connectivity index (χ1) is 6.83. The first-order valence-electron chi connectivity index (χ1n) is 6.29. The first-order valence-corrected chi connectivity index (χ1v) is 6.29. The van der Waals surface area contributed by atoms with Crippen molar-refractivity contribution in [2.45, 2.75) is 64.5 Å². The molecule has 2 heteroatoms. The van der Waals surface area contributed by atoms with Crippen LogP contribution in [0.3, 0.4) is 0 Å². The van der Waals surface area contributed by atoms with Crippen LogP contribution in [-0.2, 0) is 0 Å². The topological polar surface area (TPSA) is 29.3 Å². The van der Waals surface area contributed by atoms with Crippen molar-refractivity contribution in [1.29, 1.82) is 0 Å². The Morgan fingerprint density at radius 2 is 1.93 bits per heavy atom. The summed E-state index contributed by atoms with van der Waals surface area (Å²) in [6, 6.07) is 1.47. The molecule has 0 bridgehead atoms. The van der Waals surface area contributed by atoms with E-state index in [4.69, 9.17) is 5.73 Å². The second-order valence-electron chi connectivity index (χ2n) is 4.45. The van der Waals surface area contributed by atoms with Crippen molar-refractivity contribution in [2.75, 3.05) is 13.1 Å². The molecule has 1 rings (SSSR count). The summed E-state index contributed by atoms with van der Waals surface area (Å²) in [5, 5.41) is 0. The highest BCUT2D eigenvalue weighted by molar-refractivity contribution is 4.82. The minimum absolute atomic E-state index is 0.632. The third-order valence-electron chi connectivity index (χ3n) is 3.52. The normalized spacial score (nSPS) is 20.6. The number of hydrogen-bond acceptors (Lipinski definition) is 2. The zero-order valence-corrected chi connectivity index (χ0v) is 9.84. The van der Waals surface area contributed by atoms with Crippen LogP contribution in [0.1, 0.15) is 52.4 Å². The lowest BCUT2D eigenvalue weighted by Gasteiger charge is -2.35. The average molecular weight is 198 g/mol. The monoisotopic (exact) mass is 198 g/mol. The molecule has 0 spiro atoms. The fourth-order valence-electron chi connectivity index (χ4n) is 2.80. The largest absolute Gasteiger partial charge is 0.329 e. The van der Waals surface area contributed by atoms with Gasteiger partial charge < -0.3 is 5.73 Å². The van der Waals surface area contributed by atoms with Gasteiger partial charge in [0.05, 0.1) is 0 Å². The fraction of sp³-hybridized carbons (Fsp3) is 1.00. The van der Waals surface area contributed by atoms with Crippen molar-refractivity contribution in [3.05, 3.63) is 0 Å². The first kappa shape index (κ1) is 12.0. The van der Waals surface area contributed by atoms with Crippen LogP contribution in [0.2, 0.25) is 0 Å². The molecule has 0 aromatic rings. The van der Waals surface area contributed by atoms with Gasteiger partial charge in [-0.05, 0) is 25.8 Å². The molecule has 14 heavy (non-hydrogen) atoms. The second kappa shape index (κ2) is 6.41. The van der Waals surface area contributed by atoms with E-state index in [-0.39, 0.29) is 0 Å². The molecule has 0 aliphatic heterocycles. The van der Waals surface area contributed by atoms with Crippen LogP contribution in [0.25, 0.3) is 0 Å².